The molecule has 12 heavy (non-hydrogen) atoms. The summed E-state index contributed by atoms with van der Waals surface area (Å²) >= 11 is 5.94. The van der Waals surface area contributed by atoms with E-state index >= 15 is 0 Å². The van der Waals surface area contributed by atoms with E-state index in [1.54, 1.807) is 0 Å². The van der Waals surface area contributed by atoms with Crippen LogP contribution in [0.15, 0.2) is 18.2 Å². The summed E-state index contributed by atoms with van der Waals surface area (Å²) in [5.74, 6) is 0.782. The topological polar surface area (TPSA) is 9.23 Å². The van der Waals surface area contributed by atoms with Crippen molar-refractivity contribution in [1.29, 1.82) is 0 Å². The lowest BCUT2D eigenvalue weighted by Crippen LogP contribution is -1.95. The van der Waals surface area contributed by atoms with E-state index in [2.05, 4.69) is 6.92 Å². The van der Waals surface area contributed by atoms with Crippen molar-refractivity contribution < 1.29 is 4.74 Å². The van der Waals surface area contributed by atoms with Crippen LogP contribution in [0.3, 0.4) is 0 Å². The summed E-state index contributed by atoms with van der Waals surface area (Å²) in [7, 11) is 0. The van der Waals surface area contributed by atoms with E-state index in [1.165, 1.54) is 0 Å². The summed E-state index contributed by atoms with van der Waals surface area (Å²) in [4.78, 5) is 0. The molecule has 0 aliphatic rings. The first-order valence-electron chi connectivity index (χ1n) is 4.13. The Morgan fingerprint density at radius 3 is 2.75 bits per heavy atom. The largest absolute Gasteiger partial charge is 0.492 e. The smallest absolute Gasteiger partial charge is 0.137 e. The van der Waals surface area contributed by atoms with E-state index in [0.717, 1.165) is 24.3 Å². The Labute approximate surface area is 78.3 Å². The molecule has 0 atom stereocenters. The molecule has 0 heterocycles. The Balaban J connectivity index is 2.72. The van der Waals surface area contributed by atoms with E-state index in [9.17, 15) is 0 Å². The fourth-order valence-corrected chi connectivity index (χ4v) is 1.22. The Bertz CT molecular complexity index is 258. The van der Waals surface area contributed by atoms with Gasteiger partial charge in [-0.05, 0) is 31.0 Å². The number of benzene rings is 1. The SMILES string of the molecule is CCCOc1ccc(C)cc1Cl. The van der Waals surface area contributed by atoms with Gasteiger partial charge in [-0.15, -0.1) is 0 Å². The quantitative estimate of drug-likeness (QED) is 0.700. The van der Waals surface area contributed by atoms with Crippen LogP contribution in [-0.4, -0.2) is 6.61 Å². The summed E-state index contributed by atoms with van der Waals surface area (Å²) in [5.41, 5.74) is 1.16. The Morgan fingerprint density at radius 2 is 2.17 bits per heavy atom. The van der Waals surface area contributed by atoms with Gasteiger partial charge in [0.1, 0.15) is 5.75 Å². The summed E-state index contributed by atoms with van der Waals surface area (Å²) in [5, 5.41) is 0.698. The molecule has 0 amide bonds. The van der Waals surface area contributed by atoms with Crippen LogP contribution in [0.25, 0.3) is 0 Å². The molecule has 0 aliphatic carbocycles. The minimum absolute atomic E-state index is 0.698. The highest BCUT2D eigenvalue weighted by Crippen LogP contribution is 2.24. The van der Waals surface area contributed by atoms with Gasteiger partial charge in [0.05, 0.1) is 11.6 Å². The second-order valence-electron chi connectivity index (χ2n) is 2.78. The van der Waals surface area contributed by atoms with Crippen molar-refractivity contribution in [3.05, 3.63) is 28.8 Å². The maximum atomic E-state index is 5.94. The highest BCUT2D eigenvalue weighted by atomic mass is 35.5. The molecule has 0 saturated heterocycles. The second kappa shape index (κ2) is 4.36. The van der Waals surface area contributed by atoms with E-state index in [1.807, 2.05) is 25.1 Å². The van der Waals surface area contributed by atoms with Crippen molar-refractivity contribution in [2.75, 3.05) is 6.61 Å². The first kappa shape index (κ1) is 9.40. The summed E-state index contributed by atoms with van der Waals surface area (Å²) in [6, 6.07) is 5.82. The molecule has 2 heteroatoms. The van der Waals surface area contributed by atoms with Gasteiger partial charge in [0.15, 0.2) is 0 Å². The van der Waals surface area contributed by atoms with Gasteiger partial charge >= 0.3 is 0 Å². The van der Waals surface area contributed by atoms with Crippen molar-refractivity contribution in [3.63, 3.8) is 0 Å². The third-order valence-corrected chi connectivity index (χ3v) is 1.84. The number of hydrogen-bond donors (Lipinski definition) is 0. The normalized spacial score (nSPS) is 9.92. The molecule has 0 aliphatic heterocycles. The third-order valence-electron chi connectivity index (χ3n) is 1.55. The Hall–Kier alpha value is -0.690. The first-order chi connectivity index (χ1) is 5.74. The molecule has 0 N–H and O–H groups in total. The molecule has 0 spiro atoms. The van der Waals surface area contributed by atoms with Crippen LogP contribution in [0.1, 0.15) is 18.9 Å². The first-order valence-corrected chi connectivity index (χ1v) is 4.50. The molecule has 1 aromatic rings. The molecule has 0 aromatic heterocycles. The van der Waals surface area contributed by atoms with E-state index < -0.39 is 0 Å². The van der Waals surface area contributed by atoms with E-state index in [4.69, 9.17) is 16.3 Å². The molecular formula is C10H13ClO. The number of aryl methyl sites for hydroxylation is 1. The van der Waals surface area contributed by atoms with Crippen LogP contribution in [0.5, 0.6) is 5.75 Å². The highest BCUT2D eigenvalue weighted by Gasteiger charge is 1.99. The van der Waals surface area contributed by atoms with Crippen LogP contribution in [0.2, 0.25) is 5.02 Å². The highest BCUT2D eigenvalue weighted by molar-refractivity contribution is 6.32. The summed E-state index contributed by atoms with van der Waals surface area (Å²) < 4.78 is 5.41. The van der Waals surface area contributed by atoms with E-state index in [-0.39, 0.29) is 0 Å². The van der Waals surface area contributed by atoms with Crippen LogP contribution >= 0.6 is 11.6 Å². The van der Waals surface area contributed by atoms with Crippen molar-refractivity contribution >= 4 is 11.6 Å². The number of halogens is 1. The Kier molecular flexibility index (Phi) is 3.42. The fourth-order valence-electron chi connectivity index (χ4n) is 0.935. The number of ether oxygens (including phenoxy) is 1. The summed E-state index contributed by atoms with van der Waals surface area (Å²) in [6.45, 7) is 4.81. The van der Waals surface area contributed by atoms with Crippen molar-refractivity contribution in [1.82, 2.24) is 0 Å². The average molecular weight is 185 g/mol. The third kappa shape index (κ3) is 2.42. The lowest BCUT2D eigenvalue weighted by molar-refractivity contribution is 0.317. The van der Waals surface area contributed by atoms with Gasteiger partial charge in [-0.2, -0.15) is 0 Å². The molecule has 1 nitrogen and oxygen atoms in total. The maximum Gasteiger partial charge on any atom is 0.137 e. The number of hydrogen-bond acceptors (Lipinski definition) is 1. The van der Waals surface area contributed by atoms with Gasteiger partial charge in [-0.3, -0.25) is 0 Å². The zero-order valence-corrected chi connectivity index (χ0v) is 8.19. The van der Waals surface area contributed by atoms with Gasteiger partial charge in [-0.25, -0.2) is 0 Å². The predicted molar refractivity (Wildman–Crippen MR) is 52.0 cm³/mol. The lowest BCUT2D eigenvalue weighted by atomic mass is 10.2. The van der Waals surface area contributed by atoms with Crippen molar-refractivity contribution in [2.24, 2.45) is 0 Å². The molecule has 0 saturated carbocycles. The predicted octanol–water partition coefficient (Wildman–Crippen LogP) is 3.44. The van der Waals surface area contributed by atoms with Crippen LogP contribution in [-0.2, 0) is 0 Å². The lowest BCUT2D eigenvalue weighted by Gasteiger charge is -2.06. The molecule has 0 radical (unpaired) electrons. The molecule has 66 valence electrons. The van der Waals surface area contributed by atoms with Gasteiger partial charge < -0.3 is 4.74 Å². The summed E-state index contributed by atoms with van der Waals surface area (Å²) in [6.07, 6.45) is 1.00. The maximum absolute atomic E-state index is 5.94. The molecule has 1 aromatic carbocycles. The minimum Gasteiger partial charge on any atom is -0.492 e. The van der Waals surface area contributed by atoms with Crippen LogP contribution < -0.4 is 4.74 Å². The molecule has 1 rings (SSSR count). The van der Waals surface area contributed by atoms with Gasteiger partial charge in [0, 0.05) is 0 Å². The molecule has 0 fully saturated rings. The molecule has 0 bridgehead atoms. The number of rotatable bonds is 3. The van der Waals surface area contributed by atoms with Crippen LogP contribution in [0.4, 0.5) is 0 Å². The van der Waals surface area contributed by atoms with Crippen LogP contribution in [0, 0.1) is 6.92 Å². The van der Waals surface area contributed by atoms with Gasteiger partial charge in [0.25, 0.3) is 0 Å². The Morgan fingerprint density at radius 1 is 1.42 bits per heavy atom. The standard InChI is InChI=1S/C10H13ClO/c1-3-6-12-10-5-4-8(2)7-9(10)11/h4-5,7H,3,6H2,1-2H3. The van der Waals surface area contributed by atoms with Gasteiger partial charge in [-0.1, -0.05) is 24.6 Å². The average Bonchev–Trinajstić information content (AvgIpc) is 2.03. The van der Waals surface area contributed by atoms with E-state index in [0.29, 0.717) is 5.02 Å². The second-order valence-corrected chi connectivity index (χ2v) is 3.19. The minimum atomic E-state index is 0.698. The molecular weight excluding hydrogens is 172 g/mol. The zero-order valence-electron chi connectivity index (χ0n) is 7.43. The van der Waals surface area contributed by atoms with Crippen molar-refractivity contribution in [2.45, 2.75) is 20.3 Å². The monoisotopic (exact) mass is 184 g/mol. The fraction of sp³-hybridized carbons (Fsp3) is 0.400. The van der Waals surface area contributed by atoms with Crippen molar-refractivity contribution in [3.8, 4) is 5.75 Å². The zero-order chi connectivity index (χ0) is 8.97. The molecule has 0 unspecified atom stereocenters. The van der Waals surface area contributed by atoms with Gasteiger partial charge in [0.2, 0.25) is 0 Å².